The number of hydrogen-bond acceptors (Lipinski definition) is 2. The van der Waals surface area contributed by atoms with E-state index in [1.807, 2.05) is 19.9 Å². The van der Waals surface area contributed by atoms with Crippen LogP contribution in [0.5, 0.6) is 5.75 Å². The summed E-state index contributed by atoms with van der Waals surface area (Å²) < 4.78 is 0.969. The zero-order valence-corrected chi connectivity index (χ0v) is 10.0. The van der Waals surface area contributed by atoms with Gasteiger partial charge in [-0.1, -0.05) is 29.8 Å². The smallest absolute Gasteiger partial charge is 0.115 e. The fraction of sp³-hybridized carbons (Fsp3) is 0.455. The van der Waals surface area contributed by atoms with Crippen LogP contribution in [0.3, 0.4) is 0 Å². The summed E-state index contributed by atoms with van der Waals surface area (Å²) >= 11 is 3.42. The van der Waals surface area contributed by atoms with Gasteiger partial charge in [0.05, 0.1) is 0 Å². The molecule has 0 bridgehead atoms. The van der Waals surface area contributed by atoms with E-state index in [0.29, 0.717) is 0 Å². The lowest BCUT2D eigenvalue weighted by molar-refractivity contribution is 0.159. The predicted molar refractivity (Wildman–Crippen MR) is 60.4 cm³/mol. The maximum absolute atomic E-state index is 9.32. The number of benzene rings is 1. The quantitative estimate of drug-likeness (QED) is 0.876. The van der Waals surface area contributed by atoms with Crippen molar-refractivity contribution in [3.05, 3.63) is 28.2 Å². The van der Waals surface area contributed by atoms with Crippen molar-refractivity contribution in [3.8, 4) is 5.75 Å². The molecule has 1 aromatic carbocycles. The first-order chi connectivity index (χ1) is 6.44. The first-order valence-electron chi connectivity index (χ1n) is 4.53. The Balaban J connectivity index is 2.91. The summed E-state index contributed by atoms with van der Waals surface area (Å²) in [6.07, 6.45) is 0.735. The number of hydrogen-bond donors (Lipinski definition) is 2. The van der Waals surface area contributed by atoms with Crippen LogP contribution in [0.2, 0.25) is 0 Å². The van der Waals surface area contributed by atoms with Crippen LogP contribution < -0.4 is 0 Å². The summed E-state index contributed by atoms with van der Waals surface area (Å²) in [7, 11) is 0. The van der Waals surface area contributed by atoms with Crippen LogP contribution in [0.25, 0.3) is 0 Å². The number of aliphatic hydroxyl groups excluding tert-OH is 1. The second kappa shape index (κ2) is 4.32. The number of phenolic OH excluding ortho intramolecular Hbond substituents is 1. The summed E-state index contributed by atoms with van der Waals surface area (Å²) in [6, 6.07) is 5.18. The summed E-state index contributed by atoms with van der Waals surface area (Å²) in [5.74, 6) is 0.261. The monoisotopic (exact) mass is 258 g/mol. The molecule has 2 N–H and O–H groups in total. The minimum Gasteiger partial charge on any atom is -0.508 e. The Labute approximate surface area is 92.7 Å². The van der Waals surface area contributed by atoms with E-state index in [9.17, 15) is 5.11 Å². The zero-order chi connectivity index (χ0) is 10.8. The molecule has 0 aromatic heterocycles. The van der Waals surface area contributed by atoms with Gasteiger partial charge in [0.1, 0.15) is 5.75 Å². The minimum absolute atomic E-state index is 0.134. The molecule has 0 saturated heterocycles. The molecule has 0 unspecified atom stereocenters. The maximum atomic E-state index is 9.32. The molecule has 0 aliphatic rings. The van der Waals surface area contributed by atoms with Crippen molar-refractivity contribution in [3.63, 3.8) is 0 Å². The van der Waals surface area contributed by atoms with Crippen LogP contribution in [0, 0.1) is 5.41 Å². The molecule has 0 aliphatic heterocycles. The lowest BCUT2D eigenvalue weighted by Gasteiger charge is -2.22. The van der Waals surface area contributed by atoms with E-state index in [1.165, 1.54) is 0 Å². The molecule has 14 heavy (non-hydrogen) atoms. The van der Waals surface area contributed by atoms with E-state index in [4.69, 9.17) is 5.11 Å². The average Bonchev–Trinajstić information content (AvgIpc) is 2.11. The summed E-state index contributed by atoms with van der Waals surface area (Å²) in [5, 5.41) is 18.5. The van der Waals surface area contributed by atoms with E-state index < -0.39 is 0 Å². The number of rotatable bonds is 3. The van der Waals surface area contributed by atoms with E-state index in [1.54, 1.807) is 12.1 Å². The van der Waals surface area contributed by atoms with Crippen molar-refractivity contribution < 1.29 is 10.2 Å². The topological polar surface area (TPSA) is 40.5 Å². The van der Waals surface area contributed by atoms with E-state index in [0.717, 1.165) is 16.5 Å². The first-order valence-corrected chi connectivity index (χ1v) is 5.32. The van der Waals surface area contributed by atoms with Gasteiger partial charge in [-0.15, -0.1) is 0 Å². The summed E-state index contributed by atoms with van der Waals surface area (Å²) in [4.78, 5) is 0. The zero-order valence-electron chi connectivity index (χ0n) is 8.42. The average molecular weight is 259 g/mol. The second-order valence-electron chi connectivity index (χ2n) is 4.27. The van der Waals surface area contributed by atoms with Gasteiger partial charge < -0.3 is 10.2 Å². The van der Waals surface area contributed by atoms with Crippen LogP contribution in [0.4, 0.5) is 0 Å². The van der Waals surface area contributed by atoms with Gasteiger partial charge in [-0.2, -0.15) is 0 Å². The predicted octanol–water partition coefficient (Wildman–Crippen LogP) is 2.72. The van der Waals surface area contributed by atoms with Gasteiger partial charge >= 0.3 is 0 Å². The van der Waals surface area contributed by atoms with Crippen LogP contribution in [0.15, 0.2) is 22.7 Å². The number of aliphatic hydroxyl groups is 1. The molecule has 0 spiro atoms. The molecular weight excluding hydrogens is 244 g/mol. The molecule has 2 nitrogen and oxygen atoms in total. The van der Waals surface area contributed by atoms with Crippen molar-refractivity contribution in [1.82, 2.24) is 0 Å². The number of phenols is 1. The lowest BCUT2D eigenvalue weighted by Crippen LogP contribution is -2.19. The molecule has 1 rings (SSSR count). The molecule has 0 aliphatic carbocycles. The van der Waals surface area contributed by atoms with Gasteiger partial charge in [-0.25, -0.2) is 0 Å². The number of halogens is 1. The second-order valence-corrected chi connectivity index (χ2v) is 5.13. The fourth-order valence-electron chi connectivity index (χ4n) is 1.27. The first kappa shape index (κ1) is 11.5. The van der Waals surface area contributed by atoms with Crippen molar-refractivity contribution in [2.45, 2.75) is 20.3 Å². The normalized spacial score (nSPS) is 11.7. The van der Waals surface area contributed by atoms with Gasteiger partial charge in [0.25, 0.3) is 0 Å². The van der Waals surface area contributed by atoms with Crippen molar-refractivity contribution in [2.75, 3.05) is 6.61 Å². The van der Waals surface area contributed by atoms with E-state index >= 15 is 0 Å². The summed E-state index contributed by atoms with van der Waals surface area (Å²) in [6.45, 7) is 4.11. The van der Waals surface area contributed by atoms with Crippen molar-refractivity contribution in [2.24, 2.45) is 5.41 Å². The largest absolute Gasteiger partial charge is 0.508 e. The Morgan fingerprint density at radius 1 is 1.36 bits per heavy atom. The van der Waals surface area contributed by atoms with E-state index in [-0.39, 0.29) is 17.8 Å². The third kappa shape index (κ3) is 3.00. The Bertz CT molecular complexity index is 321. The van der Waals surface area contributed by atoms with Gasteiger partial charge in [-0.05, 0) is 35.6 Å². The van der Waals surface area contributed by atoms with Crippen LogP contribution in [-0.4, -0.2) is 16.8 Å². The molecule has 0 radical (unpaired) electrons. The molecule has 0 saturated carbocycles. The van der Waals surface area contributed by atoms with Gasteiger partial charge in [0.2, 0.25) is 0 Å². The van der Waals surface area contributed by atoms with Crippen molar-refractivity contribution in [1.29, 1.82) is 0 Å². The van der Waals surface area contributed by atoms with Gasteiger partial charge in [-0.3, -0.25) is 0 Å². The van der Waals surface area contributed by atoms with Crippen LogP contribution in [-0.2, 0) is 6.42 Å². The highest BCUT2D eigenvalue weighted by Crippen LogP contribution is 2.28. The van der Waals surface area contributed by atoms with Gasteiger partial charge in [0, 0.05) is 11.1 Å². The molecule has 0 fully saturated rings. The molecular formula is C11H15BrO2. The Morgan fingerprint density at radius 2 is 2.00 bits per heavy atom. The standard InChI is InChI=1S/C11H15BrO2/c1-11(2,7-13)6-8-5-9(14)3-4-10(8)12/h3-5,13-14H,6-7H2,1-2H3. The highest BCUT2D eigenvalue weighted by Gasteiger charge is 2.18. The molecule has 0 amide bonds. The maximum Gasteiger partial charge on any atom is 0.115 e. The molecule has 3 heteroatoms. The van der Waals surface area contributed by atoms with E-state index in [2.05, 4.69) is 15.9 Å². The lowest BCUT2D eigenvalue weighted by atomic mass is 9.87. The molecule has 0 heterocycles. The number of aromatic hydroxyl groups is 1. The van der Waals surface area contributed by atoms with Gasteiger partial charge in [0.15, 0.2) is 0 Å². The third-order valence-electron chi connectivity index (χ3n) is 2.13. The highest BCUT2D eigenvalue weighted by atomic mass is 79.9. The molecule has 1 aromatic rings. The molecule has 0 atom stereocenters. The van der Waals surface area contributed by atoms with Crippen molar-refractivity contribution >= 4 is 15.9 Å². The summed E-state index contributed by atoms with van der Waals surface area (Å²) in [5.41, 5.74) is 0.861. The Hall–Kier alpha value is -0.540. The fourth-order valence-corrected chi connectivity index (χ4v) is 1.65. The third-order valence-corrected chi connectivity index (χ3v) is 2.90. The Morgan fingerprint density at radius 3 is 2.57 bits per heavy atom. The molecule has 78 valence electrons. The minimum atomic E-state index is -0.156. The van der Waals surface area contributed by atoms with Crippen LogP contribution in [0.1, 0.15) is 19.4 Å². The Kier molecular flexibility index (Phi) is 3.56. The highest BCUT2D eigenvalue weighted by molar-refractivity contribution is 9.10. The van der Waals surface area contributed by atoms with Crippen LogP contribution >= 0.6 is 15.9 Å². The SMILES string of the molecule is CC(C)(CO)Cc1cc(O)ccc1Br.